The lowest BCUT2D eigenvalue weighted by Crippen LogP contribution is -2.26. The Morgan fingerprint density at radius 2 is 2.03 bits per heavy atom. The number of hydrazone groups is 1. The van der Waals surface area contributed by atoms with Gasteiger partial charge in [-0.3, -0.25) is 4.79 Å². The second-order valence-electron chi connectivity index (χ2n) is 6.80. The Balaban J connectivity index is 1.76. The molecule has 2 aromatic carbocycles. The molecule has 0 saturated heterocycles. The van der Waals surface area contributed by atoms with E-state index < -0.39 is 0 Å². The summed E-state index contributed by atoms with van der Waals surface area (Å²) in [4.78, 5) is 17.1. The van der Waals surface area contributed by atoms with Crippen LogP contribution in [0.4, 0.5) is 0 Å². The Labute approximate surface area is 178 Å². The smallest absolute Gasteiger partial charge is 0.242 e. The molecule has 148 valence electrons. The molecule has 1 amide bonds. The lowest BCUT2D eigenvalue weighted by Gasteiger charge is -2.22. The maximum absolute atomic E-state index is 12.6. The van der Waals surface area contributed by atoms with Gasteiger partial charge in [-0.25, -0.2) is 9.99 Å². The summed E-state index contributed by atoms with van der Waals surface area (Å²) in [6.07, 6.45) is 0.883. The van der Waals surface area contributed by atoms with E-state index in [1.54, 1.807) is 7.11 Å². The van der Waals surface area contributed by atoms with Crippen LogP contribution in [-0.2, 0) is 4.79 Å². The third kappa shape index (κ3) is 3.80. The predicted molar refractivity (Wildman–Crippen MR) is 116 cm³/mol. The van der Waals surface area contributed by atoms with Crippen molar-refractivity contribution in [2.24, 2.45) is 5.10 Å². The summed E-state index contributed by atoms with van der Waals surface area (Å²) in [5.41, 5.74) is 3.20. The number of amides is 1. The third-order valence-electron chi connectivity index (χ3n) is 4.99. The molecule has 0 radical (unpaired) electrons. The normalized spacial score (nSPS) is 16.2. The lowest BCUT2D eigenvalue weighted by atomic mass is 9.98. The van der Waals surface area contributed by atoms with Crippen molar-refractivity contribution in [3.8, 4) is 5.75 Å². The average Bonchev–Trinajstić information content (AvgIpc) is 3.17. The average molecular weight is 428 g/mol. The van der Waals surface area contributed by atoms with Crippen LogP contribution in [0.2, 0.25) is 10.2 Å². The Morgan fingerprint density at radius 3 is 2.76 bits per heavy atom. The van der Waals surface area contributed by atoms with Gasteiger partial charge in [-0.2, -0.15) is 5.10 Å². The number of hydrogen-bond acceptors (Lipinski definition) is 4. The van der Waals surface area contributed by atoms with Gasteiger partial charge in [0.1, 0.15) is 10.9 Å². The van der Waals surface area contributed by atoms with Crippen LogP contribution in [0.25, 0.3) is 10.9 Å². The van der Waals surface area contributed by atoms with Crippen LogP contribution in [0.3, 0.4) is 0 Å². The first-order valence-corrected chi connectivity index (χ1v) is 10.1. The molecule has 0 saturated carbocycles. The number of carbonyl (C=O) groups excluding carboxylic acids is 1. The molecule has 29 heavy (non-hydrogen) atoms. The van der Waals surface area contributed by atoms with Crippen LogP contribution in [0.1, 0.15) is 36.9 Å². The summed E-state index contributed by atoms with van der Waals surface area (Å²) in [6, 6.07) is 14.8. The van der Waals surface area contributed by atoms with Gasteiger partial charge in [0, 0.05) is 34.9 Å². The molecule has 5 nitrogen and oxygen atoms in total. The Morgan fingerprint density at radius 1 is 1.21 bits per heavy atom. The van der Waals surface area contributed by atoms with Crippen LogP contribution in [0.15, 0.2) is 53.6 Å². The van der Waals surface area contributed by atoms with E-state index in [2.05, 4.69) is 10.1 Å². The first kappa shape index (κ1) is 19.7. The number of carbonyl (C=O) groups is 1. The summed E-state index contributed by atoms with van der Waals surface area (Å²) >= 11 is 12.7. The zero-order valence-electron chi connectivity index (χ0n) is 16.0. The van der Waals surface area contributed by atoms with Crippen LogP contribution < -0.4 is 4.74 Å². The van der Waals surface area contributed by atoms with Gasteiger partial charge in [0.2, 0.25) is 5.91 Å². The van der Waals surface area contributed by atoms with E-state index in [4.69, 9.17) is 27.9 Å². The van der Waals surface area contributed by atoms with E-state index in [0.29, 0.717) is 28.8 Å². The summed E-state index contributed by atoms with van der Waals surface area (Å²) in [7, 11) is 1.61. The van der Waals surface area contributed by atoms with Gasteiger partial charge in [-0.15, -0.1) is 0 Å². The topological polar surface area (TPSA) is 54.8 Å². The molecular weight excluding hydrogens is 409 g/mol. The molecule has 1 aliphatic rings. The molecule has 0 spiro atoms. The minimum absolute atomic E-state index is 0.0714. The molecule has 0 bridgehead atoms. The molecule has 0 unspecified atom stereocenters. The number of pyridine rings is 1. The van der Waals surface area contributed by atoms with Crippen molar-refractivity contribution in [2.45, 2.75) is 25.8 Å². The first-order valence-electron chi connectivity index (χ1n) is 9.29. The van der Waals surface area contributed by atoms with Crippen molar-refractivity contribution >= 4 is 45.7 Å². The lowest BCUT2D eigenvalue weighted by molar-refractivity contribution is -0.132. The summed E-state index contributed by atoms with van der Waals surface area (Å²) < 4.78 is 5.26. The molecule has 0 N–H and O–H groups in total. The highest BCUT2D eigenvalue weighted by molar-refractivity contribution is 6.31. The van der Waals surface area contributed by atoms with Gasteiger partial charge in [-0.05, 0) is 35.9 Å². The Kier molecular flexibility index (Phi) is 5.43. The largest absolute Gasteiger partial charge is 0.497 e. The number of hydrogen-bond donors (Lipinski definition) is 0. The fourth-order valence-corrected chi connectivity index (χ4v) is 3.95. The van der Waals surface area contributed by atoms with Crippen molar-refractivity contribution in [3.05, 3.63) is 69.8 Å². The summed E-state index contributed by atoms with van der Waals surface area (Å²) in [5.74, 6) is 0.641. The molecule has 1 aromatic heterocycles. The highest BCUT2D eigenvalue weighted by Gasteiger charge is 2.34. The maximum atomic E-state index is 12.6. The van der Waals surface area contributed by atoms with E-state index in [9.17, 15) is 4.79 Å². The van der Waals surface area contributed by atoms with Gasteiger partial charge >= 0.3 is 0 Å². The van der Waals surface area contributed by atoms with Crippen LogP contribution in [0.5, 0.6) is 5.75 Å². The fourth-order valence-electron chi connectivity index (χ4n) is 3.49. The molecule has 7 heteroatoms. The fraction of sp³-hybridized carbons (Fsp3) is 0.227. The van der Waals surface area contributed by atoms with Crippen molar-refractivity contribution in [1.29, 1.82) is 0 Å². The number of ether oxygens (including phenoxy) is 1. The van der Waals surface area contributed by atoms with Crippen LogP contribution in [-0.4, -0.2) is 28.7 Å². The van der Waals surface area contributed by atoms with Gasteiger partial charge in [-0.1, -0.05) is 42.3 Å². The van der Waals surface area contributed by atoms with Crippen molar-refractivity contribution in [3.63, 3.8) is 0 Å². The summed E-state index contributed by atoms with van der Waals surface area (Å²) in [5, 5.41) is 8.04. The molecule has 3 aromatic rings. The number of methoxy groups -OCH3 is 1. The van der Waals surface area contributed by atoms with Crippen molar-refractivity contribution < 1.29 is 9.53 Å². The van der Waals surface area contributed by atoms with Gasteiger partial charge in [0.25, 0.3) is 0 Å². The number of rotatable bonds is 4. The van der Waals surface area contributed by atoms with Gasteiger partial charge in [0.15, 0.2) is 0 Å². The quantitative estimate of drug-likeness (QED) is 0.506. The zero-order chi connectivity index (χ0) is 20.5. The standard InChI is InChI=1S/C22H19Cl2N3O2/c1-3-21(28)27-20(12-19(26-27)13-5-4-6-15(23)9-13)17-10-14-7-8-16(29-2)11-18(14)25-22(17)24/h4-11,20H,3,12H2,1-2H3/t20-/m1/s1. The van der Waals surface area contributed by atoms with E-state index in [0.717, 1.165) is 27.7 Å². The van der Waals surface area contributed by atoms with E-state index in [1.165, 1.54) is 5.01 Å². The second-order valence-corrected chi connectivity index (χ2v) is 7.59. The highest BCUT2D eigenvalue weighted by Crippen LogP contribution is 2.38. The van der Waals surface area contributed by atoms with Crippen molar-refractivity contribution in [2.75, 3.05) is 7.11 Å². The van der Waals surface area contributed by atoms with E-state index >= 15 is 0 Å². The molecule has 1 aliphatic heterocycles. The van der Waals surface area contributed by atoms with Gasteiger partial charge in [0.05, 0.1) is 24.4 Å². The SMILES string of the molecule is CCC(=O)N1N=C(c2cccc(Cl)c2)C[C@@H]1c1cc2ccc(OC)cc2nc1Cl. The first-order chi connectivity index (χ1) is 14.0. The van der Waals surface area contributed by atoms with E-state index in [-0.39, 0.29) is 11.9 Å². The molecule has 0 fully saturated rings. The molecule has 2 heterocycles. The van der Waals surface area contributed by atoms with E-state index in [1.807, 2.05) is 55.5 Å². The minimum atomic E-state index is -0.317. The number of benzene rings is 2. The monoisotopic (exact) mass is 427 g/mol. The zero-order valence-corrected chi connectivity index (χ0v) is 17.5. The predicted octanol–water partition coefficient (Wildman–Crippen LogP) is 5.64. The molecular formula is C22H19Cl2N3O2. The maximum Gasteiger partial charge on any atom is 0.242 e. The van der Waals surface area contributed by atoms with Crippen molar-refractivity contribution in [1.82, 2.24) is 9.99 Å². The molecule has 4 rings (SSSR count). The Hall–Kier alpha value is -2.63. The number of halogens is 2. The highest BCUT2D eigenvalue weighted by atomic mass is 35.5. The minimum Gasteiger partial charge on any atom is -0.497 e. The Bertz CT molecular complexity index is 1130. The number of nitrogens with zero attached hydrogens (tertiary/aromatic N) is 3. The van der Waals surface area contributed by atoms with Gasteiger partial charge < -0.3 is 4.74 Å². The molecule has 1 atom stereocenters. The second kappa shape index (κ2) is 8.01. The summed E-state index contributed by atoms with van der Waals surface area (Å²) in [6.45, 7) is 1.82. The molecule has 0 aliphatic carbocycles. The third-order valence-corrected chi connectivity index (χ3v) is 5.53. The number of aromatic nitrogens is 1. The van der Waals surface area contributed by atoms with Crippen LogP contribution >= 0.6 is 23.2 Å². The van der Waals surface area contributed by atoms with Crippen LogP contribution in [0, 0.1) is 0 Å². The number of fused-ring (bicyclic) bond motifs is 1.